The molecule has 2 aliphatic rings. The monoisotopic (exact) mass is 400 g/mol. The fraction of sp³-hybridized carbons (Fsp3) is 0.769. The molecule has 0 aromatic heterocycles. The quantitative estimate of drug-likeness (QED) is 0.766. The van der Waals surface area contributed by atoms with Crippen LogP contribution < -0.4 is 0 Å². The van der Waals surface area contributed by atoms with Crippen molar-refractivity contribution in [3.05, 3.63) is 35.4 Å². The lowest BCUT2D eigenvalue weighted by molar-refractivity contribution is -0.0481. The van der Waals surface area contributed by atoms with Gasteiger partial charge in [0.15, 0.2) is 0 Å². The summed E-state index contributed by atoms with van der Waals surface area (Å²) in [5.41, 5.74) is 2.09. The van der Waals surface area contributed by atoms with Crippen molar-refractivity contribution in [2.24, 2.45) is 5.92 Å². The zero-order valence-electron chi connectivity index (χ0n) is 19.0. The van der Waals surface area contributed by atoms with Crippen molar-refractivity contribution in [3.8, 4) is 0 Å². The number of rotatable bonds is 4. The van der Waals surface area contributed by atoms with Crippen molar-refractivity contribution in [1.82, 2.24) is 9.80 Å². The molecule has 0 radical (unpaired) electrons. The van der Waals surface area contributed by atoms with Gasteiger partial charge in [0.1, 0.15) is 0 Å². The third kappa shape index (κ3) is 7.08. The molecule has 2 atom stereocenters. The zero-order valence-corrected chi connectivity index (χ0v) is 19.0. The normalized spacial score (nSPS) is 29.1. The highest BCUT2D eigenvalue weighted by atomic mass is 16.3. The van der Waals surface area contributed by atoms with Gasteiger partial charge in [-0.3, -0.25) is 0 Å². The van der Waals surface area contributed by atoms with E-state index in [0.29, 0.717) is 5.92 Å². The Morgan fingerprint density at radius 3 is 2.21 bits per heavy atom. The molecule has 1 heterocycles. The molecule has 2 unspecified atom stereocenters. The smallest absolute Gasteiger partial charge is 0.0728 e. The summed E-state index contributed by atoms with van der Waals surface area (Å²) >= 11 is 0. The largest absolute Gasteiger partial charge is 0.389 e. The average molecular weight is 401 g/mol. The highest BCUT2D eigenvalue weighted by Gasteiger charge is 2.37. The van der Waals surface area contributed by atoms with Crippen LogP contribution in [0, 0.1) is 12.8 Å². The van der Waals surface area contributed by atoms with Crippen LogP contribution in [0.4, 0.5) is 0 Å². The molecule has 1 saturated carbocycles. The lowest BCUT2D eigenvalue weighted by Crippen LogP contribution is -2.51. The van der Waals surface area contributed by atoms with Crippen LogP contribution >= 0.6 is 0 Å². The number of benzene rings is 1. The van der Waals surface area contributed by atoms with Gasteiger partial charge in [0, 0.05) is 45.1 Å². The first-order valence-electron chi connectivity index (χ1n) is 12.2. The molecule has 164 valence electrons. The minimum Gasteiger partial charge on any atom is -0.389 e. The van der Waals surface area contributed by atoms with Crippen molar-refractivity contribution in [1.29, 1.82) is 0 Å². The second kappa shape index (κ2) is 11.5. The fourth-order valence-corrected chi connectivity index (χ4v) is 5.33. The third-order valence-corrected chi connectivity index (χ3v) is 7.50. The van der Waals surface area contributed by atoms with Crippen molar-refractivity contribution >= 4 is 0 Å². The first kappa shape index (κ1) is 22.8. The molecule has 1 N–H and O–H groups in total. The molecule has 3 rings (SSSR count). The van der Waals surface area contributed by atoms with Gasteiger partial charge < -0.3 is 14.9 Å². The molecule has 3 nitrogen and oxygen atoms in total. The summed E-state index contributed by atoms with van der Waals surface area (Å²) < 4.78 is 0. The van der Waals surface area contributed by atoms with E-state index in [1.54, 1.807) is 0 Å². The summed E-state index contributed by atoms with van der Waals surface area (Å²) in [7, 11) is 2.22. The van der Waals surface area contributed by atoms with E-state index in [4.69, 9.17) is 0 Å². The molecule has 0 amide bonds. The number of aryl methyl sites for hydroxylation is 1. The van der Waals surface area contributed by atoms with Gasteiger partial charge in [-0.05, 0) is 37.9 Å². The molecule has 2 fully saturated rings. The van der Waals surface area contributed by atoms with Gasteiger partial charge in [0.2, 0.25) is 0 Å². The zero-order chi connectivity index (χ0) is 20.5. The number of hydrogen-bond acceptors (Lipinski definition) is 3. The summed E-state index contributed by atoms with van der Waals surface area (Å²) in [4.78, 5) is 5.05. The molecule has 3 heteroatoms. The van der Waals surface area contributed by atoms with Crippen molar-refractivity contribution < 1.29 is 5.11 Å². The van der Waals surface area contributed by atoms with Gasteiger partial charge in [0.05, 0.1) is 5.60 Å². The Hall–Kier alpha value is -0.900. The number of aliphatic hydroxyl groups is 1. The Morgan fingerprint density at radius 2 is 1.52 bits per heavy atom. The lowest BCUT2D eigenvalue weighted by atomic mass is 9.74. The van der Waals surface area contributed by atoms with E-state index >= 15 is 0 Å². The van der Waals surface area contributed by atoms with Crippen LogP contribution in [0.1, 0.15) is 75.3 Å². The summed E-state index contributed by atoms with van der Waals surface area (Å²) in [6.45, 7) is 7.87. The maximum absolute atomic E-state index is 12.1. The summed E-state index contributed by atoms with van der Waals surface area (Å²) in [5, 5.41) is 12.1. The Morgan fingerprint density at radius 1 is 0.897 bits per heavy atom. The second-order valence-corrected chi connectivity index (χ2v) is 9.87. The van der Waals surface area contributed by atoms with E-state index in [2.05, 4.69) is 48.0 Å². The van der Waals surface area contributed by atoms with Crippen LogP contribution in [0.3, 0.4) is 0 Å². The molecule has 1 aromatic carbocycles. The van der Waals surface area contributed by atoms with Gasteiger partial charge in [-0.1, -0.05) is 75.6 Å². The molecule has 29 heavy (non-hydrogen) atoms. The van der Waals surface area contributed by atoms with E-state index in [0.717, 1.165) is 45.6 Å². The minimum atomic E-state index is -0.575. The molecule has 1 aliphatic carbocycles. The molecular formula is C26H44N2O. The highest BCUT2D eigenvalue weighted by molar-refractivity contribution is 5.27. The number of likely N-dealkylation sites (N-methyl/N-ethyl adjacent to an activating group) is 1. The molecule has 1 aromatic rings. The van der Waals surface area contributed by atoms with Crippen molar-refractivity contribution in [3.63, 3.8) is 0 Å². The first-order chi connectivity index (χ1) is 14.1. The maximum atomic E-state index is 12.1. The van der Waals surface area contributed by atoms with Crippen LogP contribution in [-0.4, -0.2) is 60.3 Å². The van der Waals surface area contributed by atoms with Crippen molar-refractivity contribution in [2.45, 2.75) is 83.2 Å². The molecule has 1 aliphatic heterocycles. The van der Waals surface area contributed by atoms with Gasteiger partial charge in [0.25, 0.3) is 0 Å². The van der Waals surface area contributed by atoms with Crippen LogP contribution in [-0.2, 0) is 6.42 Å². The van der Waals surface area contributed by atoms with Gasteiger partial charge in [-0.25, -0.2) is 0 Å². The van der Waals surface area contributed by atoms with E-state index < -0.39 is 5.60 Å². The van der Waals surface area contributed by atoms with E-state index in [9.17, 15) is 5.11 Å². The van der Waals surface area contributed by atoms with Crippen LogP contribution in [0.2, 0.25) is 0 Å². The van der Waals surface area contributed by atoms with Gasteiger partial charge in [-0.15, -0.1) is 0 Å². The Kier molecular flexibility index (Phi) is 9.02. The Labute approximate surface area is 179 Å². The van der Waals surface area contributed by atoms with Gasteiger partial charge in [-0.2, -0.15) is 0 Å². The molecule has 0 spiro atoms. The predicted molar refractivity (Wildman–Crippen MR) is 123 cm³/mol. The molecule has 1 saturated heterocycles. The van der Waals surface area contributed by atoms with Crippen LogP contribution in [0.25, 0.3) is 0 Å². The summed E-state index contributed by atoms with van der Waals surface area (Å²) in [6.07, 6.45) is 13.5. The number of nitrogens with zero attached hydrogens (tertiary/aromatic N) is 2. The fourth-order valence-electron chi connectivity index (χ4n) is 5.33. The Balaban J connectivity index is 1.77. The topological polar surface area (TPSA) is 26.7 Å². The van der Waals surface area contributed by atoms with E-state index in [-0.39, 0.29) is 0 Å². The number of hydrogen-bond donors (Lipinski definition) is 1. The summed E-state index contributed by atoms with van der Waals surface area (Å²) in [6, 6.07) is 8.68. The SMILES string of the molecule is Cc1ccccc1CC1(O)CCCCCCCCCCC1CN1CCN(C)CC1. The maximum Gasteiger partial charge on any atom is 0.0728 e. The summed E-state index contributed by atoms with van der Waals surface area (Å²) in [5.74, 6) is 0.380. The van der Waals surface area contributed by atoms with E-state index in [1.165, 1.54) is 68.9 Å². The van der Waals surface area contributed by atoms with Gasteiger partial charge >= 0.3 is 0 Å². The standard InChI is InChI=1S/C26H44N2O/c1-23-13-10-11-14-24(23)21-26(29)16-12-8-6-4-3-5-7-9-15-25(26)22-28-19-17-27(2)18-20-28/h10-11,13-14,25,29H,3-9,12,15-22H2,1-2H3. The predicted octanol–water partition coefficient (Wildman–Crippen LogP) is 5.05. The van der Waals surface area contributed by atoms with E-state index in [1.807, 2.05) is 0 Å². The first-order valence-corrected chi connectivity index (χ1v) is 12.2. The minimum absolute atomic E-state index is 0.380. The molecule has 0 bridgehead atoms. The molecular weight excluding hydrogens is 356 g/mol. The average Bonchev–Trinajstić information content (AvgIpc) is 2.71. The van der Waals surface area contributed by atoms with Crippen molar-refractivity contribution in [2.75, 3.05) is 39.8 Å². The highest BCUT2D eigenvalue weighted by Crippen LogP contribution is 2.34. The van der Waals surface area contributed by atoms with Crippen LogP contribution in [0.15, 0.2) is 24.3 Å². The second-order valence-electron chi connectivity index (χ2n) is 9.87. The number of piperazine rings is 1. The van der Waals surface area contributed by atoms with Crippen LogP contribution in [0.5, 0.6) is 0 Å². The third-order valence-electron chi connectivity index (χ3n) is 7.50. The lowest BCUT2D eigenvalue weighted by Gasteiger charge is -2.42. The Bertz CT molecular complexity index is 596.